The van der Waals surface area contributed by atoms with E-state index in [4.69, 9.17) is 0 Å². The molecule has 31 heavy (non-hydrogen) atoms. The smallest absolute Gasteiger partial charge is 0.166 e. The first-order valence-electron chi connectivity index (χ1n) is 8.80. The molecule has 0 atom stereocenters. The zero-order valence-electron chi connectivity index (χ0n) is 15.4. The second-order valence-electron chi connectivity index (χ2n) is 6.69. The van der Waals surface area contributed by atoms with Crippen molar-refractivity contribution in [3.05, 3.63) is 106 Å². The maximum Gasteiger partial charge on any atom is 0.416 e. The van der Waals surface area contributed by atoms with Crippen LogP contribution in [0, 0.1) is 0 Å². The van der Waals surface area contributed by atoms with Crippen molar-refractivity contribution in [2.24, 2.45) is 0 Å². The van der Waals surface area contributed by atoms with E-state index in [-0.39, 0.29) is 0 Å². The summed E-state index contributed by atoms with van der Waals surface area (Å²) in [4.78, 5) is 0. The van der Waals surface area contributed by atoms with Crippen molar-refractivity contribution in [3.8, 4) is 0 Å². The largest absolute Gasteiger partial charge is 0.416 e. The van der Waals surface area contributed by atoms with Gasteiger partial charge in [0.15, 0.2) is 0 Å². The van der Waals surface area contributed by atoms with Gasteiger partial charge in [0.25, 0.3) is 0 Å². The highest BCUT2D eigenvalue weighted by molar-refractivity contribution is 5.52. The van der Waals surface area contributed by atoms with Gasteiger partial charge >= 0.3 is 18.5 Å². The summed E-state index contributed by atoms with van der Waals surface area (Å²) in [5.74, 6) is -1.96. The minimum Gasteiger partial charge on any atom is -0.166 e. The maximum atomic E-state index is 13.7. The summed E-state index contributed by atoms with van der Waals surface area (Å²) < 4.78 is 123. The normalized spacial score (nSPS) is 13.0. The quantitative estimate of drug-likeness (QED) is 0.282. The summed E-state index contributed by atoms with van der Waals surface area (Å²) in [5, 5.41) is 0. The molecule has 0 N–H and O–H groups in total. The first kappa shape index (κ1) is 22.7. The van der Waals surface area contributed by atoms with Crippen LogP contribution in [0.1, 0.15) is 39.3 Å². The van der Waals surface area contributed by atoms with E-state index >= 15 is 0 Å². The molecule has 3 rings (SSSR count). The maximum absolute atomic E-state index is 13.7. The Morgan fingerprint density at radius 1 is 0.387 bits per heavy atom. The number of hydrogen-bond acceptors (Lipinski definition) is 0. The van der Waals surface area contributed by atoms with Crippen LogP contribution in [0.15, 0.2) is 72.8 Å². The van der Waals surface area contributed by atoms with Crippen molar-refractivity contribution in [1.82, 2.24) is 0 Å². The molecule has 0 saturated carbocycles. The Morgan fingerprint density at radius 2 is 0.613 bits per heavy atom. The minimum absolute atomic E-state index is 0.634. The van der Waals surface area contributed by atoms with Gasteiger partial charge in [-0.3, -0.25) is 0 Å². The molecule has 0 nitrogen and oxygen atoms in total. The molecule has 0 aromatic heterocycles. The van der Waals surface area contributed by atoms with E-state index < -0.39 is 57.8 Å². The molecule has 0 heterocycles. The Kier molecular flexibility index (Phi) is 5.82. The molecule has 0 fully saturated rings. The SMILES string of the molecule is FC(F)(F)c1ccccc1C(c1ccccc1C(F)(F)F)c1ccccc1C(F)(F)F. The van der Waals surface area contributed by atoms with Crippen LogP contribution in [0.3, 0.4) is 0 Å². The van der Waals surface area contributed by atoms with E-state index in [0.29, 0.717) is 18.2 Å². The number of hydrogen-bond donors (Lipinski definition) is 0. The third-order valence-corrected chi connectivity index (χ3v) is 4.73. The summed E-state index contributed by atoms with van der Waals surface area (Å²) >= 11 is 0. The highest BCUT2D eigenvalue weighted by atomic mass is 19.4. The average Bonchev–Trinajstić information content (AvgIpc) is 2.67. The van der Waals surface area contributed by atoms with E-state index in [2.05, 4.69) is 0 Å². The van der Waals surface area contributed by atoms with Crippen LogP contribution in [0.4, 0.5) is 39.5 Å². The van der Waals surface area contributed by atoms with Gasteiger partial charge in [0.05, 0.1) is 16.7 Å². The van der Waals surface area contributed by atoms with Gasteiger partial charge in [-0.2, -0.15) is 39.5 Å². The lowest BCUT2D eigenvalue weighted by atomic mass is 9.78. The predicted molar refractivity (Wildman–Crippen MR) is 95.3 cm³/mol. The summed E-state index contributed by atoms with van der Waals surface area (Å²) in [5.41, 5.74) is -6.05. The lowest BCUT2D eigenvalue weighted by molar-refractivity contribution is -0.138. The lowest BCUT2D eigenvalue weighted by Crippen LogP contribution is -2.20. The fourth-order valence-corrected chi connectivity index (χ4v) is 3.52. The molecule has 0 aliphatic heterocycles. The number of halogens is 9. The number of benzene rings is 3. The average molecular weight is 448 g/mol. The van der Waals surface area contributed by atoms with Gasteiger partial charge in [0.2, 0.25) is 0 Å². The lowest BCUT2D eigenvalue weighted by Gasteiger charge is -2.27. The van der Waals surface area contributed by atoms with Gasteiger partial charge in [-0.05, 0) is 34.9 Å². The zero-order valence-corrected chi connectivity index (χ0v) is 15.4. The Balaban J connectivity index is 2.44. The fourth-order valence-electron chi connectivity index (χ4n) is 3.52. The molecular weight excluding hydrogens is 435 g/mol. The summed E-state index contributed by atoms with van der Waals surface area (Å²) in [6.07, 6.45) is -15.0. The van der Waals surface area contributed by atoms with Crippen molar-refractivity contribution in [1.29, 1.82) is 0 Å². The second-order valence-corrected chi connectivity index (χ2v) is 6.69. The van der Waals surface area contributed by atoms with Crippen LogP contribution in [0.2, 0.25) is 0 Å². The van der Waals surface area contributed by atoms with E-state index in [1.165, 1.54) is 0 Å². The summed E-state index contributed by atoms with van der Waals surface area (Å²) in [7, 11) is 0. The number of rotatable bonds is 3. The molecule has 0 unspecified atom stereocenters. The van der Waals surface area contributed by atoms with E-state index in [1.807, 2.05) is 0 Å². The van der Waals surface area contributed by atoms with Crippen molar-refractivity contribution in [2.45, 2.75) is 24.4 Å². The van der Waals surface area contributed by atoms with Gasteiger partial charge in [0, 0.05) is 5.92 Å². The molecule has 0 amide bonds. The molecule has 9 heteroatoms. The minimum atomic E-state index is -4.99. The molecule has 0 bridgehead atoms. The third kappa shape index (κ3) is 4.70. The zero-order chi connectivity index (χ0) is 23.0. The van der Waals surface area contributed by atoms with Crippen molar-refractivity contribution < 1.29 is 39.5 Å². The molecule has 0 spiro atoms. The topological polar surface area (TPSA) is 0 Å². The molecule has 0 aliphatic rings. The highest BCUT2D eigenvalue weighted by Crippen LogP contribution is 2.47. The van der Waals surface area contributed by atoms with Gasteiger partial charge in [-0.25, -0.2) is 0 Å². The Labute approximate surface area is 170 Å². The van der Waals surface area contributed by atoms with Crippen molar-refractivity contribution >= 4 is 0 Å². The Morgan fingerprint density at radius 3 is 0.839 bits per heavy atom. The summed E-state index contributed by atoms with van der Waals surface area (Å²) in [6, 6.07) is 11.1. The van der Waals surface area contributed by atoms with Gasteiger partial charge in [0.1, 0.15) is 0 Å². The highest BCUT2D eigenvalue weighted by Gasteiger charge is 2.42. The molecular formula is C22H13F9. The first-order chi connectivity index (χ1) is 14.3. The van der Waals surface area contributed by atoms with Crippen LogP contribution in [0.25, 0.3) is 0 Å². The van der Waals surface area contributed by atoms with Gasteiger partial charge < -0.3 is 0 Å². The van der Waals surface area contributed by atoms with Gasteiger partial charge in [-0.1, -0.05) is 54.6 Å². The van der Waals surface area contributed by atoms with Crippen molar-refractivity contribution in [3.63, 3.8) is 0 Å². The van der Waals surface area contributed by atoms with Crippen LogP contribution >= 0.6 is 0 Å². The Bertz CT molecular complexity index is 923. The monoisotopic (exact) mass is 448 g/mol. The molecule has 164 valence electrons. The molecule has 3 aromatic carbocycles. The van der Waals surface area contributed by atoms with Crippen LogP contribution in [-0.2, 0) is 18.5 Å². The standard InChI is InChI=1S/C22H13F9/c23-20(24,25)16-10-4-1-7-13(16)19(14-8-2-5-11-17(14)21(26,27)28)15-9-3-6-12-18(15)22(29,30)31/h1-12,19H. The van der Waals surface area contributed by atoms with Crippen LogP contribution in [0.5, 0.6) is 0 Å². The van der Waals surface area contributed by atoms with Crippen molar-refractivity contribution in [2.75, 3.05) is 0 Å². The van der Waals surface area contributed by atoms with E-state index in [9.17, 15) is 39.5 Å². The van der Waals surface area contributed by atoms with E-state index in [0.717, 1.165) is 54.6 Å². The fraction of sp³-hybridized carbons (Fsp3) is 0.182. The van der Waals surface area contributed by atoms with Gasteiger partial charge in [-0.15, -0.1) is 0 Å². The summed E-state index contributed by atoms with van der Waals surface area (Å²) in [6.45, 7) is 0. The second kappa shape index (κ2) is 7.94. The van der Waals surface area contributed by atoms with Crippen LogP contribution in [-0.4, -0.2) is 0 Å². The predicted octanol–water partition coefficient (Wildman–Crippen LogP) is 7.92. The number of alkyl halides is 9. The molecule has 3 aromatic rings. The third-order valence-electron chi connectivity index (χ3n) is 4.73. The molecule has 0 aliphatic carbocycles. The molecule has 0 radical (unpaired) electrons. The molecule has 0 saturated heterocycles. The Hall–Kier alpha value is -2.97. The van der Waals surface area contributed by atoms with E-state index in [1.54, 1.807) is 0 Å². The first-order valence-corrected chi connectivity index (χ1v) is 8.80. The van der Waals surface area contributed by atoms with Crippen LogP contribution < -0.4 is 0 Å².